The van der Waals surface area contributed by atoms with Crippen molar-refractivity contribution in [3.63, 3.8) is 0 Å². The highest BCUT2D eigenvalue weighted by Crippen LogP contribution is 2.33. The number of nitro benzene ring substituents is 1. The Hall–Kier alpha value is -5.20. The number of non-ortho nitro benzene ring substituents is 1. The van der Waals surface area contributed by atoms with E-state index in [4.69, 9.17) is 23.7 Å². The van der Waals surface area contributed by atoms with Crippen molar-refractivity contribution in [2.75, 3.05) is 40.5 Å². The molecule has 0 aliphatic heterocycles. The fourth-order valence-corrected chi connectivity index (χ4v) is 5.41. The fraction of sp³-hybridized carbons (Fsp3) is 0.415. The van der Waals surface area contributed by atoms with E-state index in [2.05, 4.69) is 13.2 Å². The number of allylic oxidation sites excluding steroid dienone is 1. The Bertz CT molecular complexity index is 1690. The maximum absolute atomic E-state index is 14.7. The van der Waals surface area contributed by atoms with E-state index >= 15 is 0 Å². The third-order valence-electron chi connectivity index (χ3n) is 8.25. The number of para-hydroxylation sites is 1. The van der Waals surface area contributed by atoms with Crippen LogP contribution in [0, 0.1) is 16.0 Å². The van der Waals surface area contributed by atoms with Gasteiger partial charge in [-0.15, -0.1) is 13.2 Å². The molecule has 3 atom stereocenters. The first-order chi connectivity index (χ1) is 25.2. The monoisotopic (exact) mass is 731 g/mol. The molecule has 0 fully saturated rings. The normalized spacial score (nSPS) is 12.9. The van der Waals surface area contributed by atoms with Crippen LogP contribution in [0.1, 0.15) is 56.1 Å². The van der Waals surface area contributed by atoms with Gasteiger partial charge in [-0.2, -0.15) is 0 Å². The van der Waals surface area contributed by atoms with Crippen molar-refractivity contribution in [3.8, 4) is 17.2 Å². The summed E-state index contributed by atoms with van der Waals surface area (Å²) in [6.07, 6.45) is 2.82. The van der Waals surface area contributed by atoms with Crippen LogP contribution in [0.2, 0.25) is 0 Å². The molecule has 3 rings (SSSR count). The molecule has 12 nitrogen and oxygen atoms in total. The van der Waals surface area contributed by atoms with Gasteiger partial charge in [-0.25, -0.2) is 4.79 Å². The molecule has 0 radical (unpaired) electrons. The first-order valence-electron chi connectivity index (χ1n) is 17.5. The minimum atomic E-state index is -0.691. The number of ether oxygens (including phenoxy) is 5. The molecule has 3 aromatic carbocycles. The molecule has 0 aliphatic rings. The molecule has 2 amide bonds. The molecule has 0 bridgehead atoms. The van der Waals surface area contributed by atoms with Gasteiger partial charge in [0.1, 0.15) is 22.8 Å². The molecule has 0 spiro atoms. The SMILES string of the molecule is C=CCO[C@@H](CN(C)C(=O)OC(C)(C)C)[C@H](C)CN(C(=O)c1cc([N+](=O)[O-])ccc1Oc1ccccc1CC=C)[C@@H](C)COCc1ccc(OC)cc1. The van der Waals surface area contributed by atoms with Crippen molar-refractivity contribution in [2.24, 2.45) is 5.92 Å². The van der Waals surface area contributed by atoms with E-state index in [9.17, 15) is 19.7 Å². The number of nitrogens with zero attached hydrogens (tertiary/aromatic N) is 3. The summed E-state index contributed by atoms with van der Waals surface area (Å²) in [5.74, 6) is 0.532. The van der Waals surface area contributed by atoms with Gasteiger partial charge >= 0.3 is 6.09 Å². The molecule has 0 unspecified atom stereocenters. The van der Waals surface area contributed by atoms with Gasteiger partial charge in [-0.3, -0.25) is 14.9 Å². The Labute approximate surface area is 313 Å². The Morgan fingerprint density at radius 1 is 0.962 bits per heavy atom. The molecule has 286 valence electrons. The zero-order valence-corrected chi connectivity index (χ0v) is 31.9. The predicted molar refractivity (Wildman–Crippen MR) is 205 cm³/mol. The number of likely N-dealkylation sites (N-methyl/N-ethyl adjacent to an activating group) is 1. The smallest absolute Gasteiger partial charge is 0.410 e. The average Bonchev–Trinajstić information content (AvgIpc) is 3.12. The molecule has 53 heavy (non-hydrogen) atoms. The summed E-state index contributed by atoms with van der Waals surface area (Å²) >= 11 is 0. The average molecular weight is 732 g/mol. The largest absolute Gasteiger partial charge is 0.497 e. The van der Waals surface area contributed by atoms with E-state index in [0.29, 0.717) is 12.2 Å². The van der Waals surface area contributed by atoms with E-state index in [1.165, 1.54) is 23.1 Å². The van der Waals surface area contributed by atoms with Gasteiger partial charge in [-0.1, -0.05) is 49.4 Å². The van der Waals surface area contributed by atoms with Gasteiger partial charge < -0.3 is 33.5 Å². The number of hydrogen-bond acceptors (Lipinski definition) is 9. The van der Waals surface area contributed by atoms with Crippen LogP contribution in [0.25, 0.3) is 0 Å². The minimum Gasteiger partial charge on any atom is -0.497 e. The van der Waals surface area contributed by atoms with Crippen LogP contribution in [-0.4, -0.2) is 84.9 Å². The van der Waals surface area contributed by atoms with E-state index in [1.54, 1.807) is 58.0 Å². The lowest BCUT2D eigenvalue weighted by Crippen LogP contribution is -2.48. The molecule has 0 saturated heterocycles. The first-order valence-corrected chi connectivity index (χ1v) is 17.5. The fourth-order valence-electron chi connectivity index (χ4n) is 5.41. The molecule has 0 N–H and O–H groups in total. The number of rotatable bonds is 20. The Morgan fingerprint density at radius 3 is 2.28 bits per heavy atom. The van der Waals surface area contributed by atoms with E-state index < -0.39 is 34.7 Å². The highest BCUT2D eigenvalue weighted by atomic mass is 16.6. The molecule has 0 saturated carbocycles. The Balaban J connectivity index is 2.00. The van der Waals surface area contributed by atoms with Crippen molar-refractivity contribution in [3.05, 3.63) is 119 Å². The lowest BCUT2D eigenvalue weighted by atomic mass is 10.0. The Morgan fingerprint density at radius 2 is 1.66 bits per heavy atom. The third-order valence-corrected chi connectivity index (χ3v) is 8.25. The summed E-state index contributed by atoms with van der Waals surface area (Å²) in [5.41, 5.74) is 0.809. The summed E-state index contributed by atoms with van der Waals surface area (Å²) in [6.45, 7) is 17.7. The number of nitro groups is 1. The van der Waals surface area contributed by atoms with Gasteiger partial charge in [0.15, 0.2) is 0 Å². The van der Waals surface area contributed by atoms with Crippen LogP contribution in [0.4, 0.5) is 10.5 Å². The van der Waals surface area contributed by atoms with Crippen LogP contribution in [0.5, 0.6) is 17.2 Å². The molecule has 0 heterocycles. The summed E-state index contributed by atoms with van der Waals surface area (Å²) in [5, 5.41) is 12.0. The molecule has 12 heteroatoms. The van der Waals surface area contributed by atoms with Crippen LogP contribution in [0.15, 0.2) is 92.0 Å². The summed E-state index contributed by atoms with van der Waals surface area (Å²) in [7, 11) is 3.22. The van der Waals surface area contributed by atoms with Gasteiger partial charge in [-0.05, 0) is 69.5 Å². The lowest BCUT2D eigenvalue weighted by Gasteiger charge is -2.36. The Kier molecular flexibility index (Phi) is 16.0. The molecule has 0 aromatic heterocycles. The van der Waals surface area contributed by atoms with Gasteiger partial charge in [0.25, 0.3) is 11.6 Å². The van der Waals surface area contributed by atoms with Gasteiger partial charge in [0, 0.05) is 31.6 Å². The van der Waals surface area contributed by atoms with Crippen molar-refractivity contribution in [1.29, 1.82) is 0 Å². The number of hydrogen-bond donors (Lipinski definition) is 0. The molecular formula is C41H53N3O9. The number of carbonyl (C=O) groups excluding carboxylic acids is 2. The first kappa shape index (κ1) is 42.2. The lowest BCUT2D eigenvalue weighted by molar-refractivity contribution is -0.384. The zero-order valence-electron chi connectivity index (χ0n) is 31.9. The number of methoxy groups -OCH3 is 1. The van der Waals surface area contributed by atoms with E-state index in [-0.39, 0.29) is 55.8 Å². The van der Waals surface area contributed by atoms with Crippen molar-refractivity contribution in [1.82, 2.24) is 9.80 Å². The predicted octanol–water partition coefficient (Wildman–Crippen LogP) is 8.25. The maximum atomic E-state index is 14.7. The standard InChI is InChI=1S/C41H53N3O9/c1-10-14-32-15-12-13-16-36(32)52-37-22-19-33(44(47)48)24-35(37)39(45)43(30(4)27-50-28-31-17-20-34(49-9)21-18-31)25-29(3)38(51-23-11-2)26-42(8)40(46)53-41(5,6)7/h10-13,15-22,24,29-30,38H,1-2,14,23,25-28H2,3-9H3/t29-,30+,38+/m1/s1. The van der Waals surface area contributed by atoms with Crippen LogP contribution >= 0.6 is 0 Å². The number of carbonyl (C=O) groups is 2. The zero-order chi connectivity index (χ0) is 39.1. The number of amides is 2. The number of benzene rings is 3. The van der Waals surface area contributed by atoms with Crippen molar-refractivity contribution < 1.29 is 38.2 Å². The van der Waals surface area contributed by atoms with Crippen molar-refractivity contribution >= 4 is 17.7 Å². The maximum Gasteiger partial charge on any atom is 0.410 e. The second-order valence-electron chi connectivity index (χ2n) is 13.8. The van der Waals surface area contributed by atoms with Crippen LogP contribution in [0.3, 0.4) is 0 Å². The van der Waals surface area contributed by atoms with Gasteiger partial charge in [0.2, 0.25) is 0 Å². The highest BCUT2D eigenvalue weighted by molar-refractivity contribution is 5.98. The van der Waals surface area contributed by atoms with Gasteiger partial charge in [0.05, 0.1) is 56.1 Å². The summed E-state index contributed by atoms with van der Waals surface area (Å²) < 4.78 is 29.4. The molecule has 3 aromatic rings. The second kappa shape index (κ2) is 20.1. The molecule has 0 aliphatic carbocycles. The van der Waals surface area contributed by atoms with Crippen molar-refractivity contribution in [2.45, 2.75) is 65.4 Å². The van der Waals surface area contributed by atoms with Crippen LogP contribution < -0.4 is 9.47 Å². The summed E-state index contributed by atoms with van der Waals surface area (Å²) in [6, 6.07) is 18.3. The van der Waals surface area contributed by atoms with Crippen LogP contribution in [-0.2, 0) is 27.2 Å². The van der Waals surface area contributed by atoms with E-state index in [1.807, 2.05) is 56.3 Å². The topological polar surface area (TPSA) is 130 Å². The summed E-state index contributed by atoms with van der Waals surface area (Å²) in [4.78, 5) is 42.1. The van der Waals surface area contributed by atoms with E-state index in [0.717, 1.165) is 16.9 Å². The highest BCUT2D eigenvalue weighted by Gasteiger charge is 2.32. The minimum absolute atomic E-state index is 0.0104. The quantitative estimate of drug-likeness (QED) is 0.0641. The third kappa shape index (κ3) is 13.1. The molecular weight excluding hydrogens is 678 g/mol. The second-order valence-corrected chi connectivity index (χ2v) is 13.8.